The van der Waals surface area contributed by atoms with Crippen LogP contribution in [0.15, 0.2) is 48.7 Å². The Balaban J connectivity index is 0.000000225. The van der Waals surface area contributed by atoms with E-state index in [1.54, 1.807) is 6.92 Å². The van der Waals surface area contributed by atoms with Crippen molar-refractivity contribution in [2.24, 2.45) is 0 Å². The first kappa shape index (κ1) is 26.7. The quantitative estimate of drug-likeness (QED) is 0.418. The number of halogens is 1. The van der Waals surface area contributed by atoms with E-state index in [0.29, 0.717) is 10.6 Å². The largest absolute Gasteiger partial charge is 0.379 e. The Morgan fingerprint density at radius 2 is 1.92 bits per heavy atom. The molecule has 2 amide bonds. The second kappa shape index (κ2) is 12.2. The highest BCUT2D eigenvalue weighted by molar-refractivity contribution is 6.36. The Labute approximate surface area is 222 Å². The van der Waals surface area contributed by atoms with Gasteiger partial charge in [0.05, 0.1) is 18.8 Å². The van der Waals surface area contributed by atoms with Crippen molar-refractivity contribution < 1.29 is 14.3 Å². The zero-order valence-corrected chi connectivity index (χ0v) is 22.2. The summed E-state index contributed by atoms with van der Waals surface area (Å²) >= 11 is 6.16. The van der Waals surface area contributed by atoms with Crippen LogP contribution in [-0.2, 0) is 14.3 Å². The smallest absolute Gasteiger partial charge is 0.256 e. The summed E-state index contributed by atoms with van der Waals surface area (Å²) in [7, 11) is 0. The maximum atomic E-state index is 12.6. The number of morpholine rings is 1. The Bertz CT molecular complexity index is 1310. The van der Waals surface area contributed by atoms with Gasteiger partial charge in [-0.25, -0.2) is 0 Å². The van der Waals surface area contributed by atoms with Crippen LogP contribution in [0.4, 0.5) is 5.69 Å². The number of H-pyrrole nitrogens is 1. The summed E-state index contributed by atoms with van der Waals surface area (Å²) in [5.41, 5.74) is 7.67. The minimum absolute atomic E-state index is 0.0447. The molecule has 5 rings (SSSR count). The molecule has 7 nitrogen and oxygen atoms in total. The summed E-state index contributed by atoms with van der Waals surface area (Å²) in [5, 5.41) is 6.41. The lowest BCUT2D eigenvalue weighted by atomic mass is 9.94. The van der Waals surface area contributed by atoms with Crippen molar-refractivity contribution >= 4 is 40.8 Å². The molecule has 1 fully saturated rings. The van der Waals surface area contributed by atoms with Gasteiger partial charge in [0.1, 0.15) is 0 Å². The summed E-state index contributed by atoms with van der Waals surface area (Å²) in [6, 6.07) is 13.6. The van der Waals surface area contributed by atoms with Crippen molar-refractivity contribution in [1.82, 2.24) is 15.2 Å². The molecule has 3 aromatic rings. The summed E-state index contributed by atoms with van der Waals surface area (Å²) in [4.78, 5) is 28.6. The normalized spacial score (nSPS) is 16.1. The molecule has 0 bridgehead atoms. The maximum Gasteiger partial charge on any atom is 0.256 e. The molecule has 0 radical (unpaired) electrons. The number of benzene rings is 2. The number of ether oxygens (including phenoxy) is 1. The minimum Gasteiger partial charge on any atom is -0.379 e. The Morgan fingerprint density at radius 1 is 1.16 bits per heavy atom. The molecule has 0 unspecified atom stereocenters. The molecular weight excluding hydrogens is 488 g/mol. The van der Waals surface area contributed by atoms with Crippen molar-refractivity contribution in [2.45, 2.75) is 20.8 Å². The van der Waals surface area contributed by atoms with Crippen LogP contribution < -0.4 is 10.6 Å². The fourth-order valence-electron chi connectivity index (χ4n) is 4.41. The van der Waals surface area contributed by atoms with Crippen LogP contribution in [0.1, 0.15) is 29.3 Å². The highest BCUT2D eigenvalue weighted by Gasteiger charge is 2.27. The zero-order valence-electron chi connectivity index (χ0n) is 21.5. The summed E-state index contributed by atoms with van der Waals surface area (Å²) in [6.07, 6.45) is 3.88. The van der Waals surface area contributed by atoms with Crippen LogP contribution in [0.2, 0.25) is 5.02 Å². The highest BCUT2D eigenvalue weighted by atomic mass is 35.5. The van der Waals surface area contributed by atoms with E-state index in [4.69, 9.17) is 16.3 Å². The lowest BCUT2D eigenvalue weighted by Gasteiger charge is -2.26. The van der Waals surface area contributed by atoms with Gasteiger partial charge < -0.3 is 20.4 Å². The third kappa shape index (κ3) is 6.68. The number of anilines is 1. The van der Waals surface area contributed by atoms with Gasteiger partial charge in [-0.05, 0) is 60.4 Å². The third-order valence-corrected chi connectivity index (χ3v) is 6.83. The van der Waals surface area contributed by atoms with E-state index in [1.807, 2.05) is 61.7 Å². The average molecular weight is 521 g/mol. The third-order valence-electron chi connectivity index (χ3n) is 6.60. The summed E-state index contributed by atoms with van der Waals surface area (Å²) in [5.74, 6) is -0.0422. The standard InChI is InChI=1S/C21H17ClN2O.C8H16N2O2/c1-12-11-23-19(13(12)2)10-17-20-16(14-5-3-6-15(22)9-14)7-4-8-18(20)24-21(17)25;1-8(11)9-2-3-10-4-6-12-7-5-10/h3-11,23H,1-2H3,(H,24,25);2-7H2,1H3,(H,9,11)/b17-10-;. The van der Waals surface area contributed by atoms with Gasteiger partial charge in [0.25, 0.3) is 5.91 Å². The average Bonchev–Trinajstić information content (AvgIpc) is 3.38. The Kier molecular flexibility index (Phi) is 8.82. The fourth-order valence-corrected chi connectivity index (χ4v) is 4.60. The Hall–Kier alpha value is -3.39. The molecule has 0 spiro atoms. The molecule has 2 aliphatic heterocycles. The van der Waals surface area contributed by atoms with Crippen LogP contribution in [0.3, 0.4) is 0 Å². The van der Waals surface area contributed by atoms with E-state index in [-0.39, 0.29) is 11.8 Å². The van der Waals surface area contributed by atoms with Gasteiger partial charge in [-0.1, -0.05) is 35.9 Å². The molecule has 2 aliphatic rings. The van der Waals surface area contributed by atoms with Crippen molar-refractivity contribution in [3.63, 3.8) is 0 Å². The molecule has 3 N–H and O–H groups in total. The lowest BCUT2D eigenvalue weighted by Crippen LogP contribution is -2.40. The summed E-state index contributed by atoms with van der Waals surface area (Å²) < 4.78 is 5.20. The number of nitrogens with one attached hydrogen (secondary N) is 3. The number of fused-ring (bicyclic) bond motifs is 1. The highest BCUT2D eigenvalue weighted by Crippen LogP contribution is 2.41. The molecule has 0 atom stereocenters. The van der Waals surface area contributed by atoms with Gasteiger partial charge in [0.15, 0.2) is 0 Å². The van der Waals surface area contributed by atoms with Crippen molar-refractivity contribution in [3.05, 3.63) is 76.1 Å². The maximum absolute atomic E-state index is 12.6. The molecule has 2 aromatic carbocycles. The molecule has 37 heavy (non-hydrogen) atoms. The van der Waals surface area contributed by atoms with Crippen LogP contribution in [-0.4, -0.2) is 61.1 Å². The molecule has 1 saturated heterocycles. The number of nitrogens with zero attached hydrogens (tertiary/aromatic N) is 1. The predicted octanol–water partition coefficient (Wildman–Crippen LogP) is 4.90. The molecule has 3 heterocycles. The van der Waals surface area contributed by atoms with Crippen LogP contribution >= 0.6 is 11.6 Å². The number of hydrogen-bond acceptors (Lipinski definition) is 4. The summed E-state index contributed by atoms with van der Waals surface area (Å²) in [6.45, 7) is 10.9. The molecule has 194 valence electrons. The van der Waals surface area contributed by atoms with E-state index >= 15 is 0 Å². The fraction of sp³-hybridized carbons (Fsp3) is 0.310. The second-order valence-corrected chi connectivity index (χ2v) is 9.63. The molecule has 8 heteroatoms. The van der Waals surface area contributed by atoms with E-state index < -0.39 is 0 Å². The number of aromatic amines is 1. The van der Waals surface area contributed by atoms with Gasteiger partial charge in [-0.3, -0.25) is 14.5 Å². The van der Waals surface area contributed by atoms with Gasteiger partial charge in [-0.2, -0.15) is 0 Å². The Morgan fingerprint density at radius 3 is 2.59 bits per heavy atom. The topological polar surface area (TPSA) is 86.5 Å². The SMILES string of the molecule is CC(=O)NCCN1CCOCC1.Cc1c[nH]c(/C=C2\C(=O)Nc3cccc(-c4cccc(Cl)c4)c32)c1C. The van der Waals surface area contributed by atoms with Crippen molar-refractivity contribution in [3.8, 4) is 11.1 Å². The first-order valence-electron chi connectivity index (χ1n) is 12.4. The van der Waals surface area contributed by atoms with E-state index in [2.05, 4.69) is 27.4 Å². The lowest BCUT2D eigenvalue weighted by molar-refractivity contribution is -0.119. The predicted molar refractivity (Wildman–Crippen MR) is 150 cm³/mol. The van der Waals surface area contributed by atoms with Gasteiger partial charge >= 0.3 is 0 Å². The number of aryl methyl sites for hydroxylation is 1. The number of carbonyl (C=O) groups excluding carboxylic acids is 2. The van der Waals surface area contributed by atoms with Gasteiger partial charge in [-0.15, -0.1) is 0 Å². The number of hydrogen-bond donors (Lipinski definition) is 3. The monoisotopic (exact) mass is 520 g/mol. The van der Waals surface area contributed by atoms with Crippen LogP contribution in [0, 0.1) is 13.8 Å². The number of aromatic nitrogens is 1. The number of carbonyl (C=O) groups is 2. The first-order chi connectivity index (χ1) is 17.8. The van der Waals surface area contributed by atoms with Crippen LogP contribution in [0.25, 0.3) is 22.8 Å². The molecule has 0 aliphatic carbocycles. The van der Waals surface area contributed by atoms with Crippen LogP contribution in [0.5, 0.6) is 0 Å². The van der Waals surface area contributed by atoms with Gasteiger partial charge in [0, 0.05) is 61.3 Å². The van der Waals surface area contributed by atoms with Gasteiger partial charge in [0.2, 0.25) is 5.91 Å². The van der Waals surface area contributed by atoms with Crippen molar-refractivity contribution in [1.29, 1.82) is 0 Å². The van der Waals surface area contributed by atoms with E-state index in [1.165, 1.54) is 5.56 Å². The van der Waals surface area contributed by atoms with E-state index in [0.717, 1.165) is 73.0 Å². The first-order valence-corrected chi connectivity index (χ1v) is 12.8. The molecule has 1 aromatic heterocycles. The number of amides is 2. The van der Waals surface area contributed by atoms with E-state index in [9.17, 15) is 9.59 Å². The second-order valence-electron chi connectivity index (χ2n) is 9.20. The molecular formula is C29H33ClN4O3. The van der Waals surface area contributed by atoms with Crippen molar-refractivity contribution in [2.75, 3.05) is 44.7 Å². The molecule has 0 saturated carbocycles. The number of rotatable bonds is 5. The minimum atomic E-state index is -0.0869. The zero-order chi connectivity index (χ0) is 26.4.